The highest BCUT2D eigenvalue weighted by atomic mass is 32.1. The van der Waals surface area contributed by atoms with E-state index in [4.69, 9.17) is 4.84 Å². The minimum Gasteiger partial charge on any atom is -0.342 e. The van der Waals surface area contributed by atoms with Gasteiger partial charge in [0, 0.05) is 6.54 Å². The van der Waals surface area contributed by atoms with Crippen molar-refractivity contribution in [1.82, 2.24) is 10.4 Å². The van der Waals surface area contributed by atoms with Crippen LogP contribution in [0, 0.1) is 0 Å². The third kappa shape index (κ3) is 3.28. The minimum absolute atomic E-state index is 0.0171. The molecule has 0 unspecified atom stereocenters. The van der Waals surface area contributed by atoms with Crippen LogP contribution in [0.25, 0.3) is 0 Å². The molecule has 17 heavy (non-hydrogen) atoms. The van der Waals surface area contributed by atoms with Gasteiger partial charge in [-0.15, -0.1) is 11.3 Å². The van der Waals surface area contributed by atoms with Crippen molar-refractivity contribution in [3.05, 3.63) is 22.4 Å². The second-order valence-corrected chi connectivity index (χ2v) is 4.64. The molecular weight excluding hydrogens is 240 g/mol. The Balaban J connectivity index is 1.77. The van der Waals surface area contributed by atoms with Crippen molar-refractivity contribution in [3.63, 3.8) is 0 Å². The van der Waals surface area contributed by atoms with Crippen molar-refractivity contribution >= 4 is 23.2 Å². The van der Waals surface area contributed by atoms with Gasteiger partial charge in [-0.3, -0.25) is 14.4 Å². The van der Waals surface area contributed by atoms with Crippen molar-refractivity contribution in [2.75, 3.05) is 19.7 Å². The first-order valence-electron chi connectivity index (χ1n) is 5.52. The highest BCUT2D eigenvalue weighted by Gasteiger charge is 2.18. The molecule has 1 aliphatic rings. The number of nitrogens with one attached hydrogen (secondary N) is 1. The van der Waals surface area contributed by atoms with Crippen molar-refractivity contribution in [2.45, 2.75) is 12.8 Å². The average molecular weight is 254 g/mol. The molecule has 0 spiro atoms. The summed E-state index contributed by atoms with van der Waals surface area (Å²) in [6.45, 7) is 1.16. The molecule has 2 rings (SSSR count). The van der Waals surface area contributed by atoms with Gasteiger partial charge in [0.2, 0.25) is 0 Å². The van der Waals surface area contributed by atoms with Crippen molar-refractivity contribution < 1.29 is 14.4 Å². The summed E-state index contributed by atoms with van der Waals surface area (Å²) in [5, 5.41) is 5.74. The molecule has 0 aromatic carbocycles. The summed E-state index contributed by atoms with van der Waals surface area (Å²) < 4.78 is 0. The first-order chi connectivity index (χ1) is 8.27. The van der Waals surface area contributed by atoms with Crippen LogP contribution >= 0.6 is 11.3 Å². The summed E-state index contributed by atoms with van der Waals surface area (Å²) in [6, 6.07) is 3.52. The molecule has 0 radical (unpaired) electrons. The molecular formula is C11H14N2O3S. The van der Waals surface area contributed by atoms with Gasteiger partial charge in [-0.05, 0) is 24.3 Å². The molecule has 1 N–H and O–H groups in total. The maximum atomic E-state index is 11.7. The number of rotatable bonds is 3. The lowest BCUT2D eigenvalue weighted by Crippen LogP contribution is -2.42. The predicted molar refractivity (Wildman–Crippen MR) is 63.6 cm³/mol. The zero-order chi connectivity index (χ0) is 12.1. The van der Waals surface area contributed by atoms with Gasteiger partial charge in [-0.25, -0.2) is 5.06 Å². The Morgan fingerprint density at radius 2 is 2.35 bits per heavy atom. The number of carbonyl (C=O) groups is 2. The molecule has 5 nitrogen and oxygen atoms in total. The number of hydrogen-bond acceptors (Lipinski definition) is 4. The molecule has 2 heterocycles. The van der Waals surface area contributed by atoms with Crippen LogP contribution in [0.15, 0.2) is 17.5 Å². The van der Waals surface area contributed by atoms with Gasteiger partial charge in [-0.1, -0.05) is 6.07 Å². The van der Waals surface area contributed by atoms with Gasteiger partial charge in [0.25, 0.3) is 11.8 Å². The molecule has 0 bridgehead atoms. The highest BCUT2D eigenvalue weighted by molar-refractivity contribution is 7.12. The fourth-order valence-electron chi connectivity index (χ4n) is 1.53. The topological polar surface area (TPSA) is 58.6 Å². The van der Waals surface area contributed by atoms with Crippen molar-refractivity contribution in [3.8, 4) is 0 Å². The van der Waals surface area contributed by atoms with Gasteiger partial charge in [0.05, 0.1) is 18.0 Å². The highest BCUT2D eigenvalue weighted by Crippen LogP contribution is 2.08. The average Bonchev–Trinajstić information content (AvgIpc) is 2.90. The Morgan fingerprint density at radius 3 is 3.00 bits per heavy atom. The third-order valence-electron chi connectivity index (χ3n) is 2.43. The van der Waals surface area contributed by atoms with E-state index in [0.717, 1.165) is 12.8 Å². The summed E-state index contributed by atoms with van der Waals surface area (Å²) in [7, 11) is 0. The number of thiophene rings is 1. The van der Waals surface area contributed by atoms with E-state index in [9.17, 15) is 9.59 Å². The molecule has 1 fully saturated rings. The normalized spacial score (nSPS) is 15.6. The molecule has 1 aliphatic heterocycles. The van der Waals surface area contributed by atoms with E-state index in [2.05, 4.69) is 5.32 Å². The van der Waals surface area contributed by atoms with E-state index in [0.29, 0.717) is 18.0 Å². The quantitative estimate of drug-likeness (QED) is 0.876. The molecule has 1 aromatic heterocycles. The SMILES string of the molecule is O=C(NCC(=O)N1CCCCO1)c1cccs1. The molecule has 2 amide bonds. The number of hydroxylamine groups is 2. The fraction of sp³-hybridized carbons (Fsp3) is 0.455. The van der Waals surface area contributed by atoms with E-state index in [-0.39, 0.29) is 18.4 Å². The lowest BCUT2D eigenvalue weighted by molar-refractivity contribution is -0.195. The minimum atomic E-state index is -0.217. The monoisotopic (exact) mass is 254 g/mol. The lowest BCUT2D eigenvalue weighted by atomic mass is 10.3. The summed E-state index contributed by atoms with van der Waals surface area (Å²) >= 11 is 1.35. The van der Waals surface area contributed by atoms with E-state index in [1.165, 1.54) is 16.4 Å². The lowest BCUT2D eigenvalue weighted by Gasteiger charge is -2.25. The van der Waals surface area contributed by atoms with Gasteiger partial charge in [0.15, 0.2) is 0 Å². The Hall–Kier alpha value is -1.40. The van der Waals surface area contributed by atoms with Crippen molar-refractivity contribution in [1.29, 1.82) is 0 Å². The fourth-order valence-corrected chi connectivity index (χ4v) is 2.17. The molecule has 0 saturated carbocycles. The largest absolute Gasteiger partial charge is 0.342 e. The first kappa shape index (κ1) is 12.1. The summed E-state index contributed by atoms with van der Waals surface area (Å²) in [6.07, 6.45) is 1.93. The molecule has 1 aromatic rings. The van der Waals surface area contributed by atoms with Crippen LogP contribution in [0.2, 0.25) is 0 Å². The molecule has 6 heteroatoms. The van der Waals surface area contributed by atoms with E-state index >= 15 is 0 Å². The van der Waals surface area contributed by atoms with Crippen LogP contribution in [0.5, 0.6) is 0 Å². The Labute approximate surface area is 103 Å². The predicted octanol–water partition coefficient (Wildman–Crippen LogP) is 1.03. The molecule has 0 aliphatic carbocycles. The third-order valence-corrected chi connectivity index (χ3v) is 3.29. The maximum absolute atomic E-state index is 11.7. The van der Waals surface area contributed by atoms with Crippen LogP contribution in [0.1, 0.15) is 22.5 Å². The number of hydrogen-bond donors (Lipinski definition) is 1. The van der Waals surface area contributed by atoms with E-state index < -0.39 is 0 Å². The van der Waals surface area contributed by atoms with Gasteiger partial charge in [0.1, 0.15) is 0 Å². The second-order valence-electron chi connectivity index (χ2n) is 3.70. The first-order valence-corrected chi connectivity index (χ1v) is 6.40. The standard InChI is InChI=1S/C11H14N2O3S/c14-10(13-5-1-2-6-16-13)8-12-11(15)9-4-3-7-17-9/h3-4,7H,1-2,5-6,8H2,(H,12,15). The number of nitrogens with zero attached hydrogens (tertiary/aromatic N) is 1. The Morgan fingerprint density at radius 1 is 1.47 bits per heavy atom. The Kier molecular flexibility index (Phi) is 4.11. The van der Waals surface area contributed by atoms with Crippen LogP contribution in [-0.2, 0) is 9.63 Å². The zero-order valence-corrected chi connectivity index (χ0v) is 10.2. The number of carbonyl (C=O) groups excluding carboxylic acids is 2. The summed E-state index contributed by atoms with van der Waals surface area (Å²) in [5.74, 6) is -0.417. The maximum Gasteiger partial charge on any atom is 0.265 e. The van der Waals surface area contributed by atoms with E-state index in [1.54, 1.807) is 12.1 Å². The van der Waals surface area contributed by atoms with Crippen LogP contribution < -0.4 is 5.32 Å². The summed E-state index contributed by atoms with van der Waals surface area (Å²) in [5.41, 5.74) is 0. The van der Waals surface area contributed by atoms with Gasteiger partial charge in [-0.2, -0.15) is 0 Å². The summed E-state index contributed by atoms with van der Waals surface area (Å²) in [4.78, 5) is 29.0. The van der Waals surface area contributed by atoms with Crippen molar-refractivity contribution in [2.24, 2.45) is 0 Å². The smallest absolute Gasteiger partial charge is 0.265 e. The number of amides is 2. The zero-order valence-electron chi connectivity index (χ0n) is 9.35. The molecule has 1 saturated heterocycles. The van der Waals surface area contributed by atoms with Crippen LogP contribution in [-0.4, -0.2) is 36.6 Å². The van der Waals surface area contributed by atoms with Crippen LogP contribution in [0.4, 0.5) is 0 Å². The molecule has 92 valence electrons. The Bertz CT molecular complexity index is 385. The van der Waals surface area contributed by atoms with Gasteiger partial charge >= 0.3 is 0 Å². The van der Waals surface area contributed by atoms with E-state index in [1.807, 2.05) is 5.38 Å². The van der Waals surface area contributed by atoms with Crippen LogP contribution in [0.3, 0.4) is 0 Å². The van der Waals surface area contributed by atoms with Gasteiger partial charge < -0.3 is 5.32 Å². The molecule has 0 atom stereocenters. The second kappa shape index (κ2) is 5.79.